The van der Waals surface area contributed by atoms with E-state index in [1.807, 2.05) is 6.92 Å². The number of hydrogen-bond donors (Lipinski definition) is 1. The van der Waals surface area contributed by atoms with Crippen LogP contribution in [0.5, 0.6) is 0 Å². The molecule has 122 valence electrons. The minimum absolute atomic E-state index is 0.0241. The normalized spacial score (nSPS) is 15.2. The van der Waals surface area contributed by atoms with Gasteiger partial charge < -0.3 is 5.32 Å². The van der Waals surface area contributed by atoms with Gasteiger partial charge in [-0.1, -0.05) is 31.5 Å². The van der Waals surface area contributed by atoms with E-state index in [2.05, 4.69) is 20.3 Å². The first-order valence-electron chi connectivity index (χ1n) is 7.81. The molecule has 0 spiro atoms. The number of rotatable bonds is 5. The first kappa shape index (κ1) is 15.9. The third kappa shape index (κ3) is 3.69. The molecule has 1 aliphatic carbocycles. The van der Waals surface area contributed by atoms with Gasteiger partial charge in [0.1, 0.15) is 18.3 Å². The Morgan fingerprint density at radius 2 is 2.17 bits per heavy atom. The zero-order valence-corrected chi connectivity index (χ0v) is 13.8. The molecule has 1 saturated carbocycles. The molecule has 1 aliphatic rings. The molecule has 0 saturated heterocycles. The summed E-state index contributed by atoms with van der Waals surface area (Å²) in [4.78, 5) is 37.1. The maximum absolute atomic E-state index is 12.4. The summed E-state index contributed by atoms with van der Waals surface area (Å²) in [6.07, 6.45) is 7.20. The Hall–Kier alpha value is -1.96. The fourth-order valence-corrected chi connectivity index (χ4v) is 3.28. The molecule has 2 heterocycles. The van der Waals surface area contributed by atoms with Gasteiger partial charge in [0, 0.05) is 12.2 Å². The van der Waals surface area contributed by atoms with Crippen LogP contribution in [-0.2, 0) is 11.3 Å². The van der Waals surface area contributed by atoms with Crippen molar-refractivity contribution in [1.82, 2.24) is 24.8 Å². The van der Waals surface area contributed by atoms with Crippen molar-refractivity contribution in [2.24, 2.45) is 0 Å². The van der Waals surface area contributed by atoms with Gasteiger partial charge in [0.15, 0.2) is 10.8 Å². The summed E-state index contributed by atoms with van der Waals surface area (Å²) in [5, 5.41) is 3.90. The fourth-order valence-electron chi connectivity index (χ4n) is 2.75. The van der Waals surface area contributed by atoms with Gasteiger partial charge in [-0.3, -0.25) is 14.2 Å². The molecule has 2 aromatic heterocycles. The monoisotopic (exact) mass is 333 g/mol. The van der Waals surface area contributed by atoms with Gasteiger partial charge in [-0.25, -0.2) is 15.0 Å². The molecule has 0 unspecified atom stereocenters. The van der Waals surface area contributed by atoms with E-state index in [0.29, 0.717) is 16.2 Å². The van der Waals surface area contributed by atoms with Crippen LogP contribution in [0.15, 0.2) is 22.5 Å². The number of aromatic nitrogens is 4. The standard InChI is InChI=1S/C15H19N5O2S/c1-2-23-15-16-7-11-13(19-15)17-9-20(14(11)22)8-12(21)18-10-5-3-4-6-10/h7,9-10H,2-6,8H2,1H3,(H,18,21). The molecule has 0 radical (unpaired) electrons. The number of nitrogens with zero attached hydrogens (tertiary/aromatic N) is 4. The van der Waals surface area contributed by atoms with E-state index in [4.69, 9.17) is 0 Å². The second-order valence-corrected chi connectivity index (χ2v) is 6.78. The smallest absolute Gasteiger partial charge is 0.264 e. The lowest BCUT2D eigenvalue weighted by Gasteiger charge is -2.12. The van der Waals surface area contributed by atoms with Crippen LogP contribution >= 0.6 is 11.8 Å². The van der Waals surface area contributed by atoms with Crippen LogP contribution in [-0.4, -0.2) is 37.2 Å². The van der Waals surface area contributed by atoms with Crippen molar-refractivity contribution in [3.8, 4) is 0 Å². The molecule has 1 fully saturated rings. The Kier molecular flexibility index (Phi) is 4.90. The summed E-state index contributed by atoms with van der Waals surface area (Å²) in [6.45, 7) is 1.98. The predicted octanol–water partition coefficient (Wildman–Crippen LogP) is 1.36. The van der Waals surface area contributed by atoms with Gasteiger partial charge in [-0.05, 0) is 18.6 Å². The lowest BCUT2D eigenvalue weighted by Crippen LogP contribution is -2.37. The van der Waals surface area contributed by atoms with E-state index in [0.717, 1.165) is 31.4 Å². The summed E-state index contributed by atoms with van der Waals surface area (Å²) in [6, 6.07) is 0.239. The van der Waals surface area contributed by atoms with Crippen molar-refractivity contribution in [3.05, 3.63) is 22.9 Å². The van der Waals surface area contributed by atoms with Crippen LogP contribution in [0.1, 0.15) is 32.6 Å². The molecule has 0 aliphatic heterocycles. The molecule has 0 atom stereocenters. The fraction of sp³-hybridized carbons (Fsp3) is 0.533. The zero-order chi connectivity index (χ0) is 16.2. The zero-order valence-electron chi connectivity index (χ0n) is 13.0. The summed E-state index contributed by atoms with van der Waals surface area (Å²) >= 11 is 1.49. The lowest BCUT2D eigenvalue weighted by molar-refractivity contribution is -0.122. The molecule has 0 bridgehead atoms. The Morgan fingerprint density at radius 1 is 1.39 bits per heavy atom. The van der Waals surface area contributed by atoms with E-state index >= 15 is 0 Å². The van der Waals surface area contributed by atoms with Crippen LogP contribution < -0.4 is 10.9 Å². The predicted molar refractivity (Wildman–Crippen MR) is 88.4 cm³/mol. The third-order valence-corrected chi connectivity index (χ3v) is 4.61. The average Bonchev–Trinajstić information content (AvgIpc) is 3.03. The largest absolute Gasteiger partial charge is 0.352 e. The van der Waals surface area contributed by atoms with Crippen molar-refractivity contribution in [2.45, 2.75) is 50.4 Å². The maximum atomic E-state index is 12.4. The number of hydrogen-bond acceptors (Lipinski definition) is 6. The number of carbonyl (C=O) groups is 1. The highest BCUT2D eigenvalue weighted by molar-refractivity contribution is 7.99. The number of carbonyl (C=O) groups excluding carboxylic acids is 1. The molecule has 3 rings (SSSR count). The molecule has 7 nitrogen and oxygen atoms in total. The second-order valence-electron chi connectivity index (χ2n) is 5.55. The minimum Gasteiger partial charge on any atom is -0.352 e. The van der Waals surface area contributed by atoms with Crippen molar-refractivity contribution >= 4 is 28.7 Å². The van der Waals surface area contributed by atoms with Crippen LogP contribution in [0.4, 0.5) is 0 Å². The highest BCUT2D eigenvalue weighted by Gasteiger charge is 2.18. The van der Waals surface area contributed by atoms with Crippen LogP contribution in [0.25, 0.3) is 11.0 Å². The Balaban J connectivity index is 1.78. The quantitative estimate of drug-likeness (QED) is 0.656. The molecule has 23 heavy (non-hydrogen) atoms. The highest BCUT2D eigenvalue weighted by Crippen LogP contribution is 2.17. The molecule has 1 N–H and O–H groups in total. The van der Waals surface area contributed by atoms with E-state index in [1.165, 1.54) is 28.9 Å². The van der Waals surface area contributed by atoms with Crippen LogP contribution in [0, 0.1) is 0 Å². The van der Waals surface area contributed by atoms with Gasteiger partial charge in [0.05, 0.1) is 0 Å². The van der Waals surface area contributed by atoms with E-state index in [-0.39, 0.29) is 24.1 Å². The van der Waals surface area contributed by atoms with Gasteiger partial charge in [0.2, 0.25) is 5.91 Å². The molecular weight excluding hydrogens is 314 g/mol. The van der Waals surface area contributed by atoms with Gasteiger partial charge in [0.25, 0.3) is 5.56 Å². The molecular formula is C15H19N5O2S. The molecule has 0 aromatic carbocycles. The van der Waals surface area contributed by atoms with E-state index in [1.54, 1.807) is 0 Å². The van der Waals surface area contributed by atoms with Crippen molar-refractivity contribution in [1.29, 1.82) is 0 Å². The lowest BCUT2D eigenvalue weighted by atomic mass is 10.2. The molecule has 2 aromatic rings. The third-order valence-electron chi connectivity index (χ3n) is 3.86. The number of fused-ring (bicyclic) bond motifs is 1. The Morgan fingerprint density at radius 3 is 2.91 bits per heavy atom. The van der Waals surface area contributed by atoms with Crippen molar-refractivity contribution in [3.63, 3.8) is 0 Å². The van der Waals surface area contributed by atoms with Gasteiger partial charge >= 0.3 is 0 Å². The average molecular weight is 333 g/mol. The van der Waals surface area contributed by atoms with E-state index < -0.39 is 0 Å². The van der Waals surface area contributed by atoms with Crippen molar-refractivity contribution in [2.75, 3.05) is 5.75 Å². The summed E-state index contributed by atoms with van der Waals surface area (Å²) in [5.74, 6) is 0.698. The summed E-state index contributed by atoms with van der Waals surface area (Å²) in [7, 11) is 0. The van der Waals surface area contributed by atoms with E-state index in [9.17, 15) is 9.59 Å². The second kappa shape index (κ2) is 7.08. The number of amides is 1. The first-order chi connectivity index (χ1) is 11.2. The SMILES string of the molecule is CCSc1ncc2c(=O)n(CC(=O)NC3CCCC3)cnc2n1. The topological polar surface area (TPSA) is 89.8 Å². The highest BCUT2D eigenvalue weighted by atomic mass is 32.2. The minimum atomic E-state index is -0.287. The Bertz CT molecular complexity index is 770. The molecule has 8 heteroatoms. The van der Waals surface area contributed by atoms with Crippen molar-refractivity contribution < 1.29 is 4.79 Å². The first-order valence-corrected chi connectivity index (χ1v) is 8.80. The maximum Gasteiger partial charge on any atom is 0.264 e. The Labute approximate surface area is 137 Å². The summed E-state index contributed by atoms with van der Waals surface area (Å²) < 4.78 is 1.31. The van der Waals surface area contributed by atoms with Gasteiger partial charge in [-0.2, -0.15) is 0 Å². The molecule has 1 amide bonds. The van der Waals surface area contributed by atoms with Crippen LogP contribution in [0.2, 0.25) is 0 Å². The van der Waals surface area contributed by atoms with Gasteiger partial charge in [-0.15, -0.1) is 0 Å². The number of nitrogens with one attached hydrogen (secondary N) is 1. The summed E-state index contributed by atoms with van der Waals surface area (Å²) in [5.41, 5.74) is 0.0815. The van der Waals surface area contributed by atoms with Crippen LogP contribution in [0.3, 0.4) is 0 Å². The number of thioether (sulfide) groups is 1.